The van der Waals surface area contributed by atoms with Crippen LogP contribution in [-0.2, 0) is 10.3 Å². The molecule has 2 unspecified atom stereocenters. The number of amides is 1. The topological polar surface area (TPSA) is 64.4 Å². The van der Waals surface area contributed by atoms with Gasteiger partial charge in [0.1, 0.15) is 23.2 Å². The molecule has 1 amide bonds. The van der Waals surface area contributed by atoms with Crippen molar-refractivity contribution in [2.24, 2.45) is 5.73 Å². The summed E-state index contributed by atoms with van der Waals surface area (Å²) in [6.45, 7) is 3.77. The summed E-state index contributed by atoms with van der Waals surface area (Å²) < 4.78 is 19.4. The van der Waals surface area contributed by atoms with E-state index < -0.39 is 5.54 Å². The van der Waals surface area contributed by atoms with E-state index in [1.54, 1.807) is 19.1 Å². The van der Waals surface area contributed by atoms with Crippen molar-refractivity contribution >= 4 is 21.8 Å². The van der Waals surface area contributed by atoms with Gasteiger partial charge in [0.2, 0.25) is 5.91 Å². The zero-order valence-electron chi connectivity index (χ0n) is 13.6. The van der Waals surface area contributed by atoms with E-state index in [1.165, 1.54) is 12.1 Å². The molecular weight excluding hydrogens is 375 g/mol. The lowest BCUT2D eigenvalue weighted by Crippen LogP contribution is -2.50. The fourth-order valence-corrected chi connectivity index (χ4v) is 2.40. The van der Waals surface area contributed by atoms with Crippen LogP contribution in [0, 0.1) is 5.82 Å². The van der Waals surface area contributed by atoms with Gasteiger partial charge in [-0.05, 0) is 55.8 Å². The molecule has 2 aromatic carbocycles. The van der Waals surface area contributed by atoms with Crippen molar-refractivity contribution in [2.75, 3.05) is 6.54 Å². The van der Waals surface area contributed by atoms with Crippen LogP contribution in [0.4, 0.5) is 4.39 Å². The van der Waals surface area contributed by atoms with E-state index in [-0.39, 0.29) is 17.8 Å². The molecule has 0 aromatic heterocycles. The Hall–Kier alpha value is -1.92. The second-order valence-electron chi connectivity index (χ2n) is 5.80. The van der Waals surface area contributed by atoms with E-state index in [2.05, 4.69) is 21.2 Å². The minimum Gasteiger partial charge on any atom is -0.489 e. The first-order chi connectivity index (χ1) is 11.3. The van der Waals surface area contributed by atoms with Crippen LogP contribution >= 0.6 is 15.9 Å². The molecule has 0 aliphatic rings. The summed E-state index contributed by atoms with van der Waals surface area (Å²) in [6.07, 6.45) is -0.278. The first-order valence-electron chi connectivity index (χ1n) is 7.54. The predicted molar refractivity (Wildman–Crippen MR) is 95.2 cm³/mol. The summed E-state index contributed by atoms with van der Waals surface area (Å²) in [5.74, 6) is -0.0716. The molecule has 2 rings (SSSR count). The minimum absolute atomic E-state index is 0.278. The molecule has 0 saturated heterocycles. The summed E-state index contributed by atoms with van der Waals surface area (Å²) in [4.78, 5) is 12.4. The van der Waals surface area contributed by atoms with E-state index in [0.29, 0.717) is 12.3 Å². The fourth-order valence-electron chi connectivity index (χ4n) is 2.13. The van der Waals surface area contributed by atoms with E-state index in [0.717, 1.165) is 10.0 Å². The van der Waals surface area contributed by atoms with Gasteiger partial charge in [-0.1, -0.05) is 28.1 Å². The highest BCUT2D eigenvalue weighted by atomic mass is 79.9. The van der Waals surface area contributed by atoms with Crippen LogP contribution in [0.15, 0.2) is 53.0 Å². The lowest BCUT2D eigenvalue weighted by molar-refractivity contribution is -0.126. The van der Waals surface area contributed by atoms with Crippen molar-refractivity contribution in [2.45, 2.75) is 25.5 Å². The van der Waals surface area contributed by atoms with Gasteiger partial charge in [0.15, 0.2) is 0 Å². The van der Waals surface area contributed by atoms with Crippen LogP contribution in [-0.4, -0.2) is 18.6 Å². The molecule has 6 heteroatoms. The molecule has 3 N–H and O–H groups in total. The zero-order valence-corrected chi connectivity index (χ0v) is 15.1. The second-order valence-corrected chi connectivity index (χ2v) is 6.72. The molecule has 2 atom stereocenters. The fraction of sp³-hybridized carbons (Fsp3) is 0.278. The van der Waals surface area contributed by atoms with Gasteiger partial charge < -0.3 is 15.8 Å². The number of nitrogens with one attached hydrogen (secondary N) is 1. The molecule has 0 bridgehead atoms. The maximum absolute atomic E-state index is 12.9. The van der Waals surface area contributed by atoms with Crippen LogP contribution in [0.3, 0.4) is 0 Å². The Bertz CT molecular complexity index is 687. The van der Waals surface area contributed by atoms with Crippen molar-refractivity contribution in [1.82, 2.24) is 5.32 Å². The average Bonchev–Trinajstić information content (AvgIpc) is 2.55. The van der Waals surface area contributed by atoms with Crippen LogP contribution in [0.1, 0.15) is 19.4 Å². The van der Waals surface area contributed by atoms with E-state index in [9.17, 15) is 9.18 Å². The summed E-state index contributed by atoms with van der Waals surface area (Å²) in [5, 5.41) is 2.79. The Morgan fingerprint density at radius 2 is 1.83 bits per heavy atom. The molecule has 0 aliphatic carbocycles. The molecule has 0 radical (unpaired) electrons. The van der Waals surface area contributed by atoms with Gasteiger partial charge in [-0.3, -0.25) is 4.79 Å². The Morgan fingerprint density at radius 1 is 1.25 bits per heavy atom. The van der Waals surface area contributed by atoms with Gasteiger partial charge >= 0.3 is 0 Å². The number of hydrogen-bond acceptors (Lipinski definition) is 3. The first-order valence-corrected chi connectivity index (χ1v) is 8.34. The summed E-state index contributed by atoms with van der Waals surface area (Å²) in [6, 6.07) is 13.0. The molecule has 24 heavy (non-hydrogen) atoms. The maximum Gasteiger partial charge on any atom is 0.244 e. The third-order valence-corrected chi connectivity index (χ3v) is 4.15. The molecule has 4 nitrogen and oxygen atoms in total. The molecule has 0 saturated carbocycles. The standard InChI is InChI=1S/C18H20BrFN2O2/c1-12(24-16-9-7-15(20)8-10-16)11-22-17(23)18(2,21)13-3-5-14(19)6-4-13/h3-10,12H,11,21H2,1-2H3,(H,22,23). The number of nitrogens with two attached hydrogens (primary N) is 1. The summed E-state index contributed by atoms with van der Waals surface area (Å²) >= 11 is 3.35. The Balaban J connectivity index is 1.91. The average molecular weight is 395 g/mol. The van der Waals surface area contributed by atoms with E-state index >= 15 is 0 Å². The quantitative estimate of drug-likeness (QED) is 0.789. The maximum atomic E-state index is 12.9. The molecule has 0 aliphatic heterocycles. The third-order valence-electron chi connectivity index (χ3n) is 3.62. The van der Waals surface area contributed by atoms with Crippen molar-refractivity contribution in [3.63, 3.8) is 0 Å². The largest absolute Gasteiger partial charge is 0.489 e. The summed E-state index contributed by atoms with van der Waals surface area (Å²) in [5.41, 5.74) is 5.75. The SMILES string of the molecule is CC(CNC(=O)C(C)(N)c1ccc(Br)cc1)Oc1ccc(F)cc1. The number of ether oxygens (including phenoxy) is 1. The number of carbonyl (C=O) groups excluding carboxylic acids is 1. The van der Waals surface area contributed by atoms with Gasteiger partial charge in [-0.2, -0.15) is 0 Å². The number of hydrogen-bond donors (Lipinski definition) is 2. The van der Waals surface area contributed by atoms with Gasteiger partial charge in [0, 0.05) is 4.47 Å². The van der Waals surface area contributed by atoms with Crippen LogP contribution in [0.5, 0.6) is 5.75 Å². The normalized spacial score (nSPS) is 14.5. The highest BCUT2D eigenvalue weighted by molar-refractivity contribution is 9.10. The van der Waals surface area contributed by atoms with Gasteiger partial charge in [0.25, 0.3) is 0 Å². The highest BCUT2D eigenvalue weighted by Gasteiger charge is 2.30. The van der Waals surface area contributed by atoms with E-state index in [4.69, 9.17) is 10.5 Å². The molecule has 2 aromatic rings. The molecule has 0 heterocycles. The van der Waals surface area contributed by atoms with Crippen molar-refractivity contribution in [1.29, 1.82) is 0 Å². The predicted octanol–water partition coefficient (Wildman–Crippen LogP) is 3.35. The first kappa shape index (κ1) is 18.4. The second kappa shape index (κ2) is 7.77. The lowest BCUT2D eigenvalue weighted by Gasteiger charge is -2.25. The van der Waals surface area contributed by atoms with Crippen LogP contribution in [0.25, 0.3) is 0 Å². The molecular formula is C18H20BrFN2O2. The van der Waals surface area contributed by atoms with E-state index in [1.807, 2.05) is 31.2 Å². The number of benzene rings is 2. The Kier molecular flexibility index (Phi) is 5.96. The minimum atomic E-state index is -1.14. The van der Waals surface area contributed by atoms with Gasteiger partial charge in [0.05, 0.1) is 6.54 Å². The van der Waals surface area contributed by atoms with Crippen LogP contribution < -0.4 is 15.8 Å². The third kappa shape index (κ3) is 4.79. The highest BCUT2D eigenvalue weighted by Crippen LogP contribution is 2.20. The van der Waals surface area contributed by atoms with Crippen LogP contribution in [0.2, 0.25) is 0 Å². The van der Waals surface area contributed by atoms with Crippen molar-refractivity contribution in [3.8, 4) is 5.75 Å². The number of halogens is 2. The van der Waals surface area contributed by atoms with Crippen molar-refractivity contribution < 1.29 is 13.9 Å². The molecule has 0 fully saturated rings. The lowest BCUT2D eigenvalue weighted by atomic mass is 9.92. The molecule has 128 valence electrons. The summed E-state index contributed by atoms with van der Waals surface area (Å²) in [7, 11) is 0. The van der Waals surface area contributed by atoms with Gasteiger partial charge in [-0.25, -0.2) is 4.39 Å². The van der Waals surface area contributed by atoms with Crippen molar-refractivity contribution in [3.05, 3.63) is 64.4 Å². The zero-order chi connectivity index (χ0) is 17.7. The molecule has 0 spiro atoms. The smallest absolute Gasteiger partial charge is 0.244 e. The Labute approximate surface area is 149 Å². The Morgan fingerprint density at radius 3 is 2.42 bits per heavy atom. The number of carbonyl (C=O) groups is 1. The monoisotopic (exact) mass is 394 g/mol. The number of rotatable bonds is 6. The van der Waals surface area contributed by atoms with Gasteiger partial charge in [-0.15, -0.1) is 0 Å².